The van der Waals surface area contributed by atoms with Gasteiger partial charge in [-0.25, -0.2) is 4.79 Å². The lowest BCUT2D eigenvalue weighted by Gasteiger charge is -2.32. The third kappa shape index (κ3) is 6.49. The molecule has 0 fully saturated rings. The molecule has 0 aromatic heterocycles. The van der Waals surface area contributed by atoms with E-state index < -0.39 is 11.8 Å². The van der Waals surface area contributed by atoms with Gasteiger partial charge in [-0.1, -0.05) is 55.4 Å². The second-order valence-electron chi connectivity index (χ2n) is 7.25. The molecule has 0 radical (unpaired) electrons. The number of hydrogen-bond acceptors (Lipinski definition) is 2. The highest BCUT2D eigenvalue weighted by Crippen LogP contribution is 2.40. The average Bonchev–Trinajstić information content (AvgIpc) is 2.53. The number of allylic oxidation sites excluding steroid dienone is 9. The van der Waals surface area contributed by atoms with Crippen molar-refractivity contribution >= 4 is 5.97 Å². The van der Waals surface area contributed by atoms with Crippen LogP contribution < -0.4 is 0 Å². The topological polar surface area (TPSA) is 26.3 Å². The molecule has 0 aromatic carbocycles. The predicted molar refractivity (Wildman–Crippen MR) is 103 cm³/mol. The molecule has 25 heavy (non-hydrogen) atoms. The van der Waals surface area contributed by atoms with Crippen molar-refractivity contribution in [3.63, 3.8) is 0 Å². The molecule has 0 unspecified atom stereocenters. The molecule has 3 heteroatoms. The lowest BCUT2D eigenvalue weighted by molar-refractivity contribution is -0.140. The van der Waals surface area contributed by atoms with Crippen molar-refractivity contribution in [3.05, 3.63) is 58.5 Å². The number of rotatable bonds is 6. The summed E-state index contributed by atoms with van der Waals surface area (Å²) >= 11 is 0. The summed E-state index contributed by atoms with van der Waals surface area (Å²) in [7, 11) is 0. The van der Waals surface area contributed by atoms with E-state index in [-0.39, 0.29) is 17.6 Å². The normalized spacial score (nSPS) is 19.6. The van der Waals surface area contributed by atoms with Gasteiger partial charge in [0.1, 0.15) is 0 Å². The van der Waals surface area contributed by atoms with E-state index in [1.165, 1.54) is 30.4 Å². The van der Waals surface area contributed by atoms with Crippen molar-refractivity contribution < 1.29 is 13.9 Å². The first kappa shape index (κ1) is 21.1. The summed E-state index contributed by atoms with van der Waals surface area (Å²) in [6.07, 6.45) is 13.2. The van der Waals surface area contributed by atoms with Crippen LogP contribution in [0.4, 0.5) is 4.39 Å². The summed E-state index contributed by atoms with van der Waals surface area (Å²) in [6, 6.07) is 0. The van der Waals surface area contributed by atoms with Gasteiger partial charge in [0.2, 0.25) is 5.83 Å². The fraction of sp³-hybridized carbons (Fsp3) is 0.500. The maximum Gasteiger partial charge on any atom is 0.367 e. The van der Waals surface area contributed by atoms with Crippen molar-refractivity contribution in [2.75, 3.05) is 6.61 Å². The van der Waals surface area contributed by atoms with Crippen LogP contribution in [0.2, 0.25) is 0 Å². The first-order valence-corrected chi connectivity index (χ1v) is 8.95. The van der Waals surface area contributed by atoms with Gasteiger partial charge < -0.3 is 4.74 Å². The maximum absolute atomic E-state index is 13.7. The molecular formula is C22H31FO2. The quantitative estimate of drug-likeness (QED) is 0.317. The molecule has 1 rings (SSSR count). The molecular weight excluding hydrogens is 315 g/mol. The monoisotopic (exact) mass is 346 g/mol. The van der Waals surface area contributed by atoms with Crippen molar-refractivity contribution in [1.82, 2.24) is 0 Å². The van der Waals surface area contributed by atoms with Crippen molar-refractivity contribution in [2.24, 2.45) is 5.41 Å². The molecule has 1 aliphatic rings. The van der Waals surface area contributed by atoms with Gasteiger partial charge in [0.15, 0.2) is 0 Å². The Bertz CT molecular complexity index is 643. The Kier molecular flexibility index (Phi) is 8.08. The van der Waals surface area contributed by atoms with E-state index in [4.69, 9.17) is 0 Å². The fourth-order valence-electron chi connectivity index (χ4n) is 3.05. The number of esters is 1. The van der Waals surface area contributed by atoms with E-state index in [2.05, 4.69) is 37.7 Å². The van der Waals surface area contributed by atoms with Crippen LogP contribution >= 0.6 is 0 Å². The van der Waals surface area contributed by atoms with Crippen molar-refractivity contribution in [2.45, 2.75) is 60.8 Å². The number of hydrogen-bond donors (Lipinski definition) is 0. The van der Waals surface area contributed by atoms with Crippen LogP contribution in [0.1, 0.15) is 60.8 Å². The van der Waals surface area contributed by atoms with Crippen LogP contribution in [-0.2, 0) is 9.53 Å². The highest BCUT2D eigenvalue weighted by atomic mass is 19.1. The van der Waals surface area contributed by atoms with Gasteiger partial charge in [0.05, 0.1) is 6.61 Å². The van der Waals surface area contributed by atoms with Gasteiger partial charge in [-0.3, -0.25) is 0 Å². The highest BCUT2D eigenvalue weighted by Gasteiger charge is 2.26. The van der Waals surface area contributed by atoms with Gasteiger partial charge in [0.25, 0.3) is 0 Å². The summed E-state index contributed by atoms with van der Waals surface area (Å²) in [5.41, 5.74) is 4.43. The lowest BCUT2D eigenvalue weighted by Crippen LogP contribution is -2.19. The summed E-state index contributed by atoms with van der Waals surface area (Å²) in [5, 5.41) is 0. The standard InChI is InChI=1S/C22H31FO2/c1-7-25-21(24)20(23)18(4)11-8-10-16(2)13-14-19-17(3)12-9-15-22(19,5)6/h8,10-11,13-14H,7,9,12,15H2,1-6H3/b11-8+,14-13+,16-10+,20-18-. The molecule has 0 aromatic rings. The Morgan fingerprint density at radius 1 is 1.28 bits per heavy atom. The van der Waals surface area contributed by atoms with Crippen LogP contribution in [0.25, 0.3) is 0 Å². The van der Waals surface area contributed by atoms with E-state index in [1.807, 2.05) is 13.0 Å². The summed E-state index contributed by atoms with van der Waals surface area (Å²) in [4.78, 5) is 11.3. The Morgan fingerprint density at radius 2 is 1.96 bits per heavy atom. The van der Waals surface area contributed by atoms with Gasteiger partial charge in [0, 0.05) is 0 Å². The predicted octanol–water partition coefficient (Wildman–Crippen LogP) is 6.38. The molecule has 0 atom stereocenters. The van der Waals surface area contributed by atoms with E-state index in [9.17, 15) is 9.18 Å². The minimum Gasteiger partial charge on any atom is -0.461 e. The molecule has 2 nitrogen and oxygen atoms in total. The molecule has 0 heterocycles. The van der Waals surface area contributed by atoms with Crippen LogP contribution in [0.15, 0.2) is 58.5 Å². The molecule has 0 spiro atoms. The summed E-state index contributed by atoms with van der Waals surface area (Å²) < 4.78 is 18.4. The Labute approximate surface area is 151 Å². The number of carbonyl (C=O) groups excluding carboxylic acids is 1. The van der Waals surface area contributed by atoms with Crippen LogP contribution in [0, 0.1) is 5.41 Å². The lowest BCUT2D eigenvalue weighted by atomic mass is 9.72. The second kappa shape index (κ2) is 9.55. The molecule has 138 valence electrons. The third-order valence-electron chi connectivity index (χ3n) is 4.56. The molecule has 0 bridgehead atoms. The van der Waals surface area contributed by atoms with Crippen LogP contribution in [0.5, 0.6) is 0 Å². The van der Waals surface area contributed by atoms with Gasteiger partial charge in [-0.05, 0) is 63.5 Å². The summed E-state index contributed by atoms with van der Waals surface area (Å²) in [6.45, 7) is 12.2. The van der Waals surface area contributed by atoms with Gasteiger partial charge in [-0.2, -0.15) is 4.39 Å². The van der Waals surface area contributed by atoms with Gasteiger partial charge in [-0.15, -0.1) is 0 Å². The zero-order valence-electron chi connectivity index (χ0n) is 16.4. The number of halogens is 1. The fourth-order valence-corrected chi connectivity index (χ4v) is 3.05. The minimum atomic E-state index is -0.910. The SMILES string of the molecule is CCOC(=O)/C(F)=C(C)/C=C/C=C(C)/C=C/C1=C(C)CCCC1(C)C. The van der Waals surface area contributed by atoms with Gasteiger partial charge >= 0.3 is 5.97 Å². The van der Waals surface area contributed by atoms with Crippen LogP contribution in [0.3, 0.4) is 0 Å². The maximum atomic E-state index is 13.7. The highest BCUT2D eigenvalue weighted by molar-refractivity contribution is 5.87. The molecule has 0 aliphatic heterocycles. The van der Waals surface area contributed by atoms with E-state index in [1.54, 1.807) is 26.0 Å². The van der Waals surface area contributed by atoms with E-state index in [0.29, 0.717) is 0 Å². The smallest absolute Gasteiger partial charge is 0.367 e. The Balaban J connectivity index is 2.82. The molecule has 0 N–H and O–H groups in total. The number of carbonyl (C=O) groups is 1. The van der Waals surface area contributed by atoms with Crippen LogP contribution in [-0.4, -0.2) is 12.6 Å². The third-order valence-corrected chi connectivity index (χ3v) is 4.56. The van der Waals surface area contributed by atoms with E-state index >= 15 is 0 Å². The molecule has 0 amide bonds. The first-order valence-electron chi connectivity index (χ1n) is 8.95. The first-order chi connectivity index (χ1) is 11.7. The molecule has 0 saturated carbocycles. The second-order valence-corrected chi connectivity index (χ2v) is 7.25. The Morgan fingerprint density at radius 3 is 2.56 bits per heavy atom. The summed E-state index contributed by atoms with van der Waals surface area (Å²) in [5.74, 6) is -1.75. The minimum absolute atomic E-state index is 0.165. The molecule has 0 saturated heterocycles. The van der Waals surface area contributed by atoms with Crippen molar-refractivity contribution in [3.8, 4) is 0 Å². The largest absolute Gasteiger partial charge is 0.461 e. The van der Waals surface area contributed by atoms with E-state index in [0.717, 1.165) is 5.57 Å². The van der Waals surface area contributed by atoms with Crippen molar-refractivity contribution in [1.29, 1.82) is 0 Å². The number of ether oxygens (including phenoxy) is 1. The Hall–Kier alpha value is -1.90. The zero-order chi connectivity index (χ0) is 19.0. The average molecular weight is 346 g/mol. The zero-order valence-corrected chi connectivity index (χ0v) is 16.4. The molecule has 1 aliphatic carbocycles.